The maximum Gasteiger partial charge on any atom is 0.139 e. The van der Waals surface area contributed by atoms with Crippen LogP contribution in [-0.4, -0.2) is 49.9 Å². The summed E-state index contributed by atoms with van der Waals surface area (Å²) < 4.78 is 4.42. The van der Waals surface area contributed by atoms with Crippen LogP contribution in [0.4, 0.5) is 0 Å². The minimum atomic E-state index is 0.852. The maximum absolute atomic E-state index is 4.51. The average Bonchev–Trinajstić information content (AvgIpc) is 3.56. The van der Waals surface area contributed by atoms with Crippen molar-refractivity contribution in [3.63, 3.8) is 0 Å². The molecule has 0 fully saturated rings. The molecule has 0 saturated heterocycles. The molecule has 0 bridgehead atoms. The van der Waals surface area contributed by atoms with E-state index in [1.54, 1.807) is 21.8 Å². The lowest BCUT2D eigenvalue weighted by molar-refractivity contribution is 0.719. The van der Waals surface area contributed by atoms with Crippen LogP contribution in [-0.2, 0) is 14.1 Å². The van der Waals surface area contributed by atoms with Crippen LogP contribution in [0.15, 0.2) is 59.6 Å². The fourth-order valence-electron chi connectivity index (χ4n) is 3.23. The zero-order valence-electron chi connectivity index (χ0n) is 16.7. The van der Waals surface area contributed by atoms with Crippen molar-refractivity contribution >= 4 is 38.0 Å². The van der Waals surface area contributed by atoms with E-state index in [-0.39, 0.29) is 0 Å². The predicted molar refractivity (Wildman–Crippen MR) is 120 cm³/mol. The summed E-state index contributed by atoms with van der Waals surface area (Å²) in [6.07, 6.45) is 7.16. The summed E-state index contributed by atoms with van der Waals surface area (Å²) in [5.74, 6) is 0. The van der Waals surface area contributed by atoms with Crippen molar-refractivity contribution in [1.29, 1.82) is 0 Å². The second-order valence-corrected chi connectivity index (χ2v) is 7.68. The molecular weight excluding hydrogens is 460 g/mol. The highest BCUT2D eigenvalue weighted by atomic mass is 79.9. The number of rotatable bonds is 2. The topological polar surface area (TPSA) is 119 Å². The van der Waals surface area contributed by atoms with Crippen molar-refractivity contribution < 1.29 is 0 Å². The minimum absolute atomic E-state index is 0.852. The number of hydrogen-bond acceptors (Lipinski definition) is 6. The second-order valence-electron chi connectivity index (χ2n) is 6.83. The zero-order chi connectivity index (χ0) is 21.4. The van der Waals surface area contributed by atoms with Gasteiger partial charge in [-0.3, -0.25) is 0 Å². The number of aromatic nitrogens is 10. The van der Waals surface area contributed by atoms with Crippen LogP contribution >= 0.6 is 15.9 Å². The molecule has 0 aliphatic rings. The third-order valence-electron chi connectivity index (χ3n) is 4.85. The lowest BCUT2D eigenvalue weighted by atomic mass is 10.2. The summed E-state index contributed by atoms with van der Waals surface area (Å²) in [5, 5.41) is 17.6. The second kappa shape index (κ2) is 7.76. The summed E-state index contributed by atoms with van der Waals surface area (Å²) in [6.45, 7) is 0. The zero-order valence-corrected chi connectivity index (χ0v) is 18.2. The summed E-state index contributed by atoms with van der Waals surface area (Å²) in [7, 11) is 3.70. The van der Waals surface area contributed by atoms with Gasteiger partial charge in [0.25, 0.3) is 0 Å². The Kier molecular flexibility index (Phi) is 4.79. The van der Waals surface area contributed by atoms with Gasteiger partial charge in [-0.2, -0.15) is 0 Å². The average molecular weight is 477 g/mol. The lowest BCUT2D eigenvalue weighted by Gasteiger charge is -1.99. The van der Waals surface area contributed by atoms with E-state index in [1.807, 2.05) is 56.8 Å². The van der Waals surface area contributed by atoms with Gasteiger partial charge in [-0.25, -0.2) is 19.3 Å². The largest absolute Gasteiger partial charge is 0.346 e. The molecule has 0 amide bonds. The standard InChI is InChI=1S/C10H8BrN5.C10H9N5/c1-16-9(5-13-15-16)8-3-2-6-7(11)4-12-10(6)14-8;1-15-9(6-12-14-15)8-3-2-7-4-5-11-10(7)13-8/h2-5H,1H3,(H,12,14);2-6H,1H3,(H,11,13). The quantitative estimate of drug-likeness (QED) is 0.394. The van der Waals surface area contributed by atoms with Gasteiger partial charge in [0.15, 0.2) is 0 Å². The van der Waals surface area contributed by atoms with Gasteiger partial charge in [-0.1, -0.05) is 10.4 Å². The van der Waals surface area contributed by atoms with Crippen LogP contribution in [0.5, 0.6) is 0 Å². The third kappa shape index (κ3) is 3.59. The highest BCUT2D eigenvalue weighted by Crippen LogP contribution is 2.25. The molecule has 0 saturated carbocycles. The molecule has 11 heteroatoms. The molecule has 0 aromatic carbocycles. The molecule has 0 unspecified atom stereocenters. The number of pyridine rings is 2. The first kappa shape index (κ1) is 19.1. The normalized spacial score (nSPS) is 11.1. The van der Waals surface area contributed by atoms with E-state index in [4.69, 9.17) is 0 Å². The molecule has 154 valence electrons. The number of hydrogen-bond donors (Lipinski definition) is 2. The van der Waals surface area contributed by atoms with E-state index in [0.29, 0.717) is 0 Å². The van der Waals surface area contributed by atoms with Crippen molar-refractivity contribution in [3.05, 3.63) is 59.6 Å². The van der Waals surface area contributed by atoms with Crippen molar-refractivity contribution in [2.45, 2.75) is 0 Å². The van der Waals surface area contributed by atoms with Gasteiger partial charge in [0.05, 0.1) is 23.8 Å². The Hall–Kier alpha value is -3.86. The summed E-state index contributed by atoms with van der Waals surface area (Å²) in [4.78, 5) is 15.2. The molecule has 31 heavy (non-hydrogen) atoms. The van der Waals surface area contributed by atoms with E-state index >= 15 is 0 Å². The SMILES string of the molecule is Cn1nncc1-c1ccc2c(Br)c[nH]c2n1.Cn1nncc1-c1ccc2cc[nH]c2n1. The fourth-order valence-corrected chi connectivity index (χ4v) is 3.66. The molecule has 6 rings (SSSR count). The number of H-pyrrole nitrogens is 2. The molecule has 6 aromatic heterocycles. The van der Waals surface area contributed by atoms with Crippen LogP contribution in [0.3, 0.4) is 0 Å². The van der Waals surface area contributed by atoms with Crippen LogP contribution in [0.1, 0.15) is 0 Å². The number of nitrogens with one attached hydrogen (secondary N) is 2. The van der Waals surface area contributed by atoms with E-state index < -0.39 is 0 Å². The molecule has 2 N–H and O–H groups in total. The van der Waals surface area contributed by atoms with E-state index in [1.165, 1.54) is 0 Å². The van der Waals surface area contributed by atoms with Gasteiger partial charge in [-0.05, 0) is 46.3 Å². The Bertz CT molecular complexity index is 1490. The van der Waals surface area contributed by atoms with Crippen molar-refractivity contribution in [2.24, 2.45) is 14.1 Å². The van der Waals surface area contributed by atoms with Crippen LogP contribution in [0, 0.1) is 0 Å². The molecule has 6 aromatic rings. The Balaban J connectivity index is 0.000000132. The Morgan fingerprint density at radius 2 is 1.42 bits per heavy atom. The van der Waals surface area contributed by atoms with Gasteiger partial charge >= 0.3 is 0 Å². The highest BCUT2D eigenvalue weighted by molar-refractivity contribution is 9.10. The smallest absolute Gasteiger partial charge is 0.139 e. The first-order valence-corrected chi connectivity index (χ1v) is 10.2. The Morgan fingerprint density at radius 1 is 0.774 bits per heavy atom. The Labute approximate surface area is 184 Å². The van der Waals surface area contributed by atoms with Gasteiger partial charge in [0.2, 0.25) is 0 Å². The summed E-state index contributed by atoms with van der Waals surface area (Å²) in [5.41, 5.74) is 5.27. The first-order chi connectivity index (χ1) is 15.1. The number of fused-ring (bicyclic) bond motifs is 2. The molecule has 0 atom stereocenters. The maximum atomic E-state index is 4.51. The lowest BCUT2D eigenvalue weighted by Crippen LogP contribution is -1.95. The summed E-state index contributed by atoms with van der Waals surface area (Å²) in [6, 6.07) is 9.97. The van der Waals surface area contributed by atoms with Crippen LogP contribution in [0.2, 0.25) is 0 Å². The number of halogens is 1. The first-order valence-electron chi connectivity index (χ1n) is 9.38. The van der Waals surface area contributed by atoms with Gasteiger partial charge < -0.3 is 9.97 Å². The highest BCUT2D eigenvalue weighted by Gasteiger charge is 2.08. The van der Waals surface area contributed by atoms with E-state index in [9.17, 15) is 0 Å². The number of aromatic amines is 2. The molecule has 0 spiro atoms. The van der Waals surface area contributed by atoms with Gasteiger partial charge in [0.1, 0.15) is 22.7 Å². The molecule has 0 radical (unpaired) electrons. The van der Waals surface area contributed by atoms with E-state index in [0.717, 1.165) is 49.3 Å². The van der Waals surface area contributed by atoms with Crippen LogP contribution in [0.25, 0.3) is 44.8 Å². The van der Waals surface area contributed by atoms with Crippen molar-refractivity contribution in [3.8, 4) is 22.8 Å². The molecule has 10 nitrogen and oxygen atoms in total. The molecule has 0 aliphatic carbocycles. The molecule has 6 heterocycles. The van der Waals surface area contributed by atoms with Crippen molar-refractivity contribution in [1.82, 2.24) is 49.9 Å². The molecule has 0 aliphatic heterocycles. The van der Waals surface area contributed by atoms with Crippen LogP contribution < -0.4 is 0 Å². The third-order valence-corrected chi connectivity index (χ3v) is 5.51. The minimum Gasteiger partial charge on any atom is -0.346 e. The predicted octanol–water partition coefficient (Wildman–Crippen LogP) is 3.48. The van der Waals surface area contributed by atoms with Gasteiger partial charge in [0, 0.05) is 41.7 Å². The molecular formula is C20H17BrN10. The monoisotopic (exact) mass is 476 g/mol. The van der Waals surface area contributed by atoms with Gasteiger partial charge in [-0.15, -0.1) is 10.2 Å². The van der Waals surface area contributed by atoms with Crippen molar-refractivity contribution in [2.75, 3.05) is 0 Å². The summed E-state index contributed by atoms with van der Waals surface area (Å²) >= 11 is 3.45. The fraction of sp³-hybridized carbons (Fsp3) is 0.100. The van der Waals surface area contributed by atoms with E-state index in [2.05, 4.69) is 56.5 Å². The number of aryl methyl sites for hydroxylation is 2. The number of nitrogens with zero attached hydrogens (tertiary/aromatic N) is 8. The Morgan fingerprint density at radius 3 is 2.06 bits per heavy atom.